The first-order valence-electron chi connectivity index (χ1n) is 3.66. The number of nitrogen functional groups attached to an aromatic ring is 1. The molecule has 0 aliphatic carbocycles. The maximum absolute atomic E-state index is 9.18. The molecule has 0 spiro atoms. The van der Waals surface area contributed by atoms with Crippen LogP contribution >= 0.6 is 0 Å². The molecule has 3 N–H and O–H groups in total. The smallest absolute Gasteiger partial charge is 0.127 e. The average molecular weight is 155 g/mol. The molecule has 0 saturated carbocycles. The summed E-state index contributed by atoms with van der Waals surface area (Å²) in [6.45, 7) is 4.36. The van der Waals surface area contributed by atoms with Gasteiger partial charge in [0.05, 0.1) is 12.3 Å². The van der Waals surface area contributed by atoms with Crippen LogP contribution in [0.1, 0.15) is 25.5 Å². The van der Waals surface area contributed by atoms with Crippen molar-refractivity contribution < 1.29 is 5.11 Å². The predicted molar refractivity (Wildman–Crippen MR) is 42.9 cm³/mol. The number of hydrogen-bond donors (Lipinski definition) is 2. The molecule has 4 heteroatoms. The van der Waals surface area contributed by atoms with Gasteiger partial charge < -0.3 is 10.8 Å². The summed E-state index contributed by atoms with van der Waals surface area (Å²) in [6.07, 6.45) is 1.07. The van der Waals surface area contributed by atoms with Crippen LogP contribution in [0.15, 0.2) is 6.20 Å². The predicted octanol–water partition coefficient (Wildman–Crippen LogP) is 0.539. The highest BCUT2D eigenvalue weighted by atomic mass is 16.3. The minimum absolute atomic E-state index is 0.532. The lowest BCUT2D eigenvalue weighted by atomic mass is 10.2. The molecule has 0 aromatic carbocycles. The summed E-state index contributed by atoms with van der Waals surface area (Å²) in [5.74, 6) is 0.558. The lowest BCUT2D eigenvalue weighted by Gasteiger charge is -2.03. The number of aliphatic hydroxyl groups excluding tert-OH is 1. The molecule has 0 saturated heterocycles. The van der Waals surface area contributed by atoms with E-state index in [0.29, 0.717) is 11.4 Å². The fourth-order valence-corrected chi connectivity index (χ4v) is 0.983. The largest absolute Gasteiger partial charge is 0.389 e. The summed E-state index contributed by atoms with van der Waals surface area (Å²) in [5, 5.41) is 13.2. The summed E-state index contributed by atoms with van der Waals surface area (Å²) in [4.78, 5) is 0. The fourth-order valence-electron chi connectivity index (χ4n) is 0.983. The molecule has 4 nitrogen and oxygen atoms in total. The minimum Gasteiger partial charge on any atom is -0.389 e. The first kappa shape index (κ1) is 8.07. The monoisotopic (exact) mass is 155 g/mol. The molecule has 0 amide bonds. The molecule has 1 heterocycles. The quantitative estimate of drug-likeness (QED) is 0.655. The van der Waals surface area contributed by atoms with E-state index in [9.17, 15) is 5.11 Å². The standard InChI is InChI=1S/C7H13N3O/c1-3-10-7(8)6(4-9-10)5(2)11/h4-5,11H,3,8H2,1-2H3/t5-/m1/s1. The van der Waals surface area contributed by atoms with Gasteiger partial charge in [-0.15, -0.1) is 0 Å². The third-order valence-corrected chi connectivity index (χ3v) is 1.66. The van der Waals surface area contributed by atoms with Gasteiger partial charge in [0.15, 0.2) is 0 Å². The summed E-state index contributed by atoms with van der Waals surface area (Å²) < 4.78 is 1.65. The van der Waals surface area contributed by atoms with Gasteiger partial charge in [0, 0.05) is 12.1 Å². The molecule has 1 aromatic heterocycles. The zero-order chi connectivity index (χ0) is 8.43. The van der Waals surface area contributed by atoms with Crippen LogP contribution in [0.25, 0.3) is 0 Å². The van der Waals surface area contributed by atoms with E-state index in [1.54, 1.807) is 17.8 Å². The van der Waals surface area contributed by atoms with Gasteiger partial charge in [-0.25, -0.2) is 0 Å². The zero-order valence-corrected chi connectivity index (χ0v) is 6.78. The highest BCUT2D eigenvalue weighted by Crippen LogP contribution is 2.18. The summed E-state index contributed by atoms with van der Waals surface area (Å²) >= 11 is 0. The number of aryl methyl sites for hydroxylation is 1. The summed E-state index contributed by atoms with van der Waals surface area (Å²) in [7, 11) is 0. The van der Waals surface area contributed by atoms with Crippen molar-refractivity contribution in [3.8, 4) is 0 Å². The first-order chi connectivity index (χ1) is 5.16. The Balaban J connectivity index is 3.00. The molecular formula is C7H13N3O. The Hall–Kier alpha value is -1.03. The van der Waals surface area contributed by atoms with Gasteiger partial charge >= 0.3 is 0 Å². The summed E-state index contributed by atoms with van der Waals surface area (Å²) in [6, 6.07) is 0. The van der Waals surface area contributed by atoms with Crippen molar-refractivity contribution in [2.45, 2.75) is 26.5 Å². The van der Waals surface area contributed by atoms with Crippen LogP contribution in [0.3, 0.4) is 0 Å². The van der Waals surface area contributed by atoms with Gasteiger partial charge in [0.1, 0.15) is 5.82 Å². The Labute approximate surface area is 65.6 Å². The van der Waals surface area contributed by atoms with E-state index in [0.717, 1.165) is 6.54 Å². The molecule has 62 valence electrons. The number of hydrogen-bond acceptors (Lipinski definition) is 3. The molecule has 1 rings (SSSR count). The average Bonchev–Trinajstić information content (AvgIpc) is 2.30. The number of nitrogens with two attached hydrogens (primary N) is 1. The highest BCUT2D eigenvalue weighted by molar-refractivity contribution is 5.39. The number of rotatable bonds is 2. The van der Waals surface area contributed by atoms with Crippen molar-refractivity contribution in [2.24, 2.45) is 0 Å². The normalized spacial score (nSPS) is 13.4. The first-order valence-corrected chi connectivity index (χ1v) is 3.66. The highest BCUT2D eigenvalue weighted by Gasteiger charge is 2.09. The van der Waals surface area contributed by atoms with E-state index in [1.165, 1.54) is 0 Å². The van der Waals surface area contributed by atoms with Crippen LogP contribution < -0.4 is 5.73 Å². The van der Waals surface area contributed by atoms with Crippen molar-refractivity contribution >= 4 is 5.82 Å². The van der Waals surface area contributed by atoms with Crippen molar-refractivity contribution in [1.82, 2.24) is 9.78 Å². The fraction of sp³-hybridized carbons (Fsp3) is 0.571. The van der Waals surface area contributed by atoms with E-state index in [-0.39, 0.29) is 0 Å². The maximum atomic E-state index is 9.18. The van der Waals surface area contributed by atoms with E-state index >= 15 is 0 Å². The second-order valence-electron chi connectivity index (χ2n) is 2.48. The third kappa shape index (κ3) is 1.35. The maximum Gasteiger partial charge on any atom is 0.127 e. The van der Waals surface area contributed by atoms with E-state index < -0.39 is 6.10 Å². The molecule has 1 aromatic rings. The SMILES string of the molecule is CCn1ncc([C@@H](C)O)c1N. The van der Waals surface area contributed by atoms with Gasteiger partial charge in [-0.1, -0.05) is 0 Å². The molecule has 0 aliphatic heterocycles. The second kappa shape index (κ2) is 2.92. The van der Waals surface area contributed by atoms with Crippen molar-refractivity contribution in [1.29, 1.82) is 0 Å². The Morgan fingerprint density at radius 1 is 1.82 bits per heavy atom. The van der Waals surface area contributed by atoms with Gasteiger partial charge in [-0.2, -0.15) is 5.10 Å². The Morgan fingerprint density at radius 2 is 2.45 bits per heavy atom. The number of aliphatic hydroxyl groups is 1. The van der Waals surface area contributed by atoms with Gasteiger partial charge in [-0.05, 0) is 13.8 Å². The van der Waals surface area contributed by atoms with Gasteiger partial charge in [0.25, 0.3) is 0 Å². The molecule has 1 atom stereocenters. The molecule has 0 fully saturated rings. The van der Waals surface area contributed by atoms with Crippen LogP contribution in [-0.4, -0.2) is 14.9 Å². The topological polar surface area (TPSA) is 64.1 Å². The van der Waals surface area contributed by atoms with Gasteiger partial charge in [-0.3, -0.25) is 4.68 Å². The van der Waals surface area contributed by atoms with E-state index in [4.69, 9.17) is 5.73 Å². The van der Waals surface area contributed by atoms with Crippen LogP contribution in [0.4, 0.5) is 5.82 Å². The van der Waals surface area contributed by atoms with Crippen LogP contribution in [0.5, 0.6) is 0 Å². The third-order valence-electron chi connectivity index (χ3n) is 1.66. The molecule has 0 radical (unpaired) electrons. The lowest BCUT2D eigenvalue weighted by molar-refractivity contribution is 0.200. The van der Waals surface area contributed by atoms with Crippen LogP contribution in [0, 0.1) is 0 Å². The van der Waals surface area contributed by atoms with Crippen molar-refractivity contribution in [3.63, 3.8) is 0 Å². The van der Waals surface area contributed by atoms with Gasteiger partial charge in [0.2, 0.25) is 0 Å². The van der Waals surface area contributed by atoms with Crippen LogP contribution in [0.2, 0.25) is 0 Å². The molecule has 0 unspecified atom stereocenters. The molecule has 0 aliphatic rings. The molecule has 0 bridgehead atoms. The number of nitrogens with zero attached hydrogens (tertiary/aromatic N) is 2. The summed E-state index contributed by atoms with van der Waals surface area (Å²) in [5.41, 5.74) is 6.36. The number of aromatic nitrogens is 2. The molecular weight excluding hydrogens is 142 g/mol. The second-order valence-corrected chi connectivity index (χ2v) is 2.48. The van der Waals surface area contributed by atoms with Crippen molar-refractivity contribution in [3.05, 3.63) is 11.8 Å². The van der Waals surface area contributed by atoms with E-state index in [2.05, 4.69) is 5.10 Å². The minimum atomic E-state index is -0.532. The van der Waals surface area contributed by atoms with Crippen LogP contribution in [-0.2, 0) is 6.54 Å². The number of anilines is 1. The Bertz CT molecular complexity index is 242. The molecule has 11 heavy (non-hydrogen) atoms. The zero-order valence-electron chi connectivity index (χ0n) is 6.78. The lowest BCUT2D eigenvalue weighted by Crippen LogP contribution is -2.04. The Morgan fingerprint density at radius 3 is 2.73 bits per heavy atom. The Kier molecular flexibility index (Phi) is 2.14. The van der Waals surface area contributed by atoms with Crippen molar-refractivity contribution in [2.75, 3.05) is 5.73 Å². The van der Waals surface area contributed by atoms with E-state index in [1.807, 2.05) is 6.92 Å².